The third kappa shape index (κ3) is 3.16. The zero-order valence-corrected chi connectivity index (χ0v) is 14.5. The van der Waals surface area contributed by atoms with Crippen LogP contribution in [-0.4, -0.2) is 41.9 Å². The van der Waals surface area contributed by atoms with E-state index in [1.54, 1.807) is 12.1 Å². The lowest BCUT2D eigenvalue weighted by Crippen LogP contribution is -2.48. The molecule has 0 bridgehead atoms. The van der Waals surface area contributed by atoms with Gasteiger partial charge in [0, 0.05) is 31.6 Å². The maximum absolute atomic E-state index is 12.6. The van der Waals surface area contributed by atoms with E-state index in [1.807, 2.05) is 0 Å². The summed E-state index contributed by atoms with van der Waals surface area (Å²) in [7, 11) is -3.55. The van der Waals surface area contributed by atoms with Gasteiger partial charge in [-0.25, -0.2) is 8.42 Å². The van der Waals surface area contributed by atoms with E-state index in [0.717, 1.165) is 18.7 Å². The quantitative estimate of drug-likeness (QED) is 0.868. The van der Waals surface area contributed by atoms with E-state index < -0.39 is 10.0 Å². The molecule has 9 heteroatoms. The third-order valence-electron chi connectivity index (χ3n) is 4.41. The SMILES string of the molecule is CC(=O)Nc1ccc(S(=O)(=O)N2CC(c3nc(C4CC4)no3)C2)cc1. The average Bonchev–Trinajstić information content (AvgIpc) is 3.25. The summed E-state index contributed by atoms with van der Waals surface area (Å²) in [5.74, 6) is 1.43. The lowest BCUT2D eigenvalue weighted by Gasteiger charge is -2.35. The van der Waals surface area contributed by atoms with Crippen molar-refractivity contribution in [3.8, 4) is 0 Å². The minimum absolute atomic E-state index is 0.0478. The smallest absolute Gasteiger partial charge is 0.243 e. The maximum Gasteiger partial charge on any atom is 0.243 e. The molecule has 8 nitrogen and oxygen atoms in total. The average molecular weight is 362 g/mol. The van der Waals surface area contributed by atoms with Gasteiger partial charge in [0.05, 0.1) is 10.8 Å². The predicted octanol–water partition coefficient (Wildman–Crippen LogP) is 1.69. The van der Waals surface area contributed by atoms with Gasteiger partial charge >= 0.3 is 0 Å². The van der Waals surface area contributed by atoms with Crippen LogP contribution in [0.25, 0.3) is 0 Å². The Morgan fingerprint density at radius 2 is 1.88 bits per heavy atom. The first-order valence-corrected chi connectivity index (χ1v) is 9.59. The molecule has 1 aliphatic carbocycles. The van der Waals surface area contributed by atoms with Crippen LogP contribution in [0.2, 0.25) is 0 Å². The normalized spacial score (nSPS) is 18.8. The van der Waals surface area contributed by atoms with Crippen molar-refractivity contribution in [3.05, 3.63) is 36.0 Å². The Balaban J connectivity index is 1.42. The Hall–Kier alpha value is -2.26. The van der Waals surface area contributed by atoms with Crippen LogP contribution < -0.4 is 5.32 Å². The van der Waals surface area contributed by atoms with Crippen LogP contribution in [0.5, 0.6) is 0 Å². The summed E-state index contributed by atoms with van der Waals surface area (Å²) in [4.78, 5) is 15.6. The van der Waals surface area contributed by atoms with Crippen molar-refractivity contribution >= 4 is 21.6 Å². The molecule has 0 unspecified atom stereocenters. The number of carbonyl (C=O) groups excluding carboxylic acids is 1. The molecule has 132 valence electrons. The number of aromatic nitrogens is 2. The monoisotopic (exact) mass is 362 g/mol. The Morgan fingerprint density at radius 3 is 2.48 bits per heavy atom. The summed E-state index contributed by atoms with van der Waals surface area (Å²) in [6, 6.07) is 6.13. The molecule has 0 atom stereocenters. The molecule has 2 aromatic rings. The molecule has 25 heavy (non-hydrogen) atoms. The van der Waals surface area contributed by atoms with Crippen molar-refractivity contribution in [1.82, 2.24) is 14.4 Å². The van der Waals surface area contributed by atoms with E-state index in [-0.39, 0.29) is 16.7 Å². The highest BCUT2D eigenvalue weighted by atomic mass is 32.2. The van der Waals surface area contributed by atoms with Crippen LogP contribution in [0.15, 0.2) is 33.7 Å². The first-order valence-electron chi connectivity index (χ1n) is 8.15. The van der Waals surface area contributed by atoms with Gasteiger partial charge in [0.25, 0.3) is 0 Å². The van der Waals surface area contributed by atoms with Crippen molar-refractivity contribution in [3.63, 3.8) is 0 Å². The van der Waals surface area contributed by atoms with E-state index in [9.17, 15) is 13.2 Å². The molecule has 1 aromatic heterocycles. The van der Waals surface area contributed by atoms with Crippen molar-refractivity contribution in [1.29, 1.82) is 0 Å². The number of hydrogen-bond acceptors (Lipinski definition) is 6. The molecular weight excluding hydrogens is 344 g/mol. The Morgan fingerprint density at radius 1 is 1.20 bits per heavy atom. The second-order valence-corrected chi connectivity index (χ2v) is 8.43. The highest BCUT2D eigenvalue weighted by Crippen LogP contribution is 2.39. The fourth-order valence-corrected chi connectivity index (χ4v) is 4.30. The van der Waals surface area contributed by atoms with Crippen molar-refractivity contribution < 1.29 is 17.7 Å². The molecule has 1 N–H and O–H groups in total. The highest BCUT2D eigenvalue weighted by molar-refractivity contribution is 7.89. The number of carbonyl (C=O) groups is 1. The first-order chi connectivity index (χ1) is 11.9. The number of nitrogens with zero attached hydrogens (tertiary/aromatic N) is 3. The second-order valence-electron chi connectivity index (χ2n) is 6.49. The molecule has 1 amide bonds. The van der Waals surface area contributed by atoms with Crippen molar-refractivity contribution in [2.45, 2.75) is 36.5 Å². The number of nitrogens with one attached hydrogen (secondary N) is 1. The maximum atomic E-state index is 12.6. The van der Waals surface area contributed by atoms with E-state index >= 15 is 0 Å². The van der Waals surface area contributed by atoms with Gasteiger partial charge in [-0.3, -0.25) is 4.79 Å². The number of amides is 1. The van der Waals surface area contributed by atoms with Gasteiger partial charge in [0.15, 0.2) is 5.82 Å². The largest absolute Gasteiger partial charge is 0.339 e. The summed E-state index contributed by atoms with van der Waals surface area (Å²) in [5.41, 5.74) is 0.561. The van der Waals surface area contributed by atoms with Gasteiger partial charge in [-0.1, -0.05) is 5.16 Å². The Labute approximate surface area is 145 Å². The molecule has 1 aliphatic heterocycles. The molecule has 2 heterocycles. The lowest BCUT2D eigenvalue weighted by molar-refractivity contribution is -0.114. The van der Waals surface area contributed by atoms with Crippen LogP contribution in [0.4, 0.5) is 5.69 Å². The molecule has 2 aliphatic rings. The standard InChI is InChI=1S/C16H18N4O4S/c1-10(21)17-13-4-6-14(7-5-13)25(22,23)20-8-12(9-20)16-18-15(19-24-16)11-2-3-11/h4-7,11-12H,2-3,8-9H2,1H3,(H,17,21). The summed E-state index contributed by atoms with van der Waals surface area (Å²) in [6.45, 7) is 2.07. The zero-order valence-electron chi connectivity index (χ0n) is 13.7. The minimum atomic E-state index is -3.55. The molecule has 2 fully saturated rings. The van der Waals surface area contributed by atoms with Crippen LogP contribution in [-0.2, 0) is 14.8 Å². The van der Waals surface area contributed by atoms with Gasteiger partial charge in [-0.2, -0.15) is 9.29 Å². The van der Waals surface area contributed by atoms with Crippen LogP contribution in [0, 0.1) is 0 Å². The van der Waals surface area contributed by atoms with Gasteiger partial charge in [-0.15, -0.1) is 0 Å². The number of hydrogen-bond donors (Lipinski definition) is 1. The van der Waals surface area contributed by atoms with E-state index in [1.165, 1.54) is 23.4 Å². The number of benzene rings is 1. The fourth-order valence-electron chi connectivity index (χ4n) is 2.77. The molecule has 4 rings (SSSR count). The highest BCUT2D eigenvalue weighted by Gasteiger charge is 2.41. The summed E-state index contributed by atoms with van der Waals surface area (Å²) in [6.07, 6.45) is 2.19. The zero-order chi connectivity index (χ0) is 17.6. The number of sulfonamides is 1. The van der Waals surface area contributed by atoms with Gasteiger partial charge < -0.3 is 9.84 Å². The van der Waals surface area contributed by atoms with Crippen LogP contribution in [0.3, 0.4) is 0 Å². The second kappa shape index (κ2) is 5.92. The van der Waals surface area contributed by atoms with Crippen molar-refractivity contribution in [2.75, 3.05) is 18.4 Å². The van der Waals surface area contributed by atoms with Crippen LogP contribution >= 0.6 is 0 Å². The molecule has 0 spiro atoms. The topological polar surface area (TPSA) is 105 Å². The predicted molar refractivity (Wildman–Crippen MR) is 88.5 cm³/mol. The molecular formula is C16H18N4O4S. The first kappa shape index (κ1) is 16.2. The van der Waals surface area contributed by atoms with Gasteiger partial charge in [0.2, 0.25) is 21.8 Å². The van der Waals surface area contributed by atoms with Gasteiger partial charge in [0.1, 0.15) is 0 Å². The molecule has 1 saturated heterocycles. The fraction of sp³-hybridized carbons (Fsp3) is 0.438. The summed E-state index contributed by atoms with van der Waals surface area (Å²) in [5, 5.41) is 6.58. The number of rotatable bonds is 5. The minimum Gasteiger partial charge on any atom is -0.339 e. The van der Waals surface area contributed by atoms with Gasteiger partial charge in [-0.05, 0) is 37.1 Å². The lowest BCUT2D eigenvalue weighted by atomic mass is 10.0. The Kier molecular flexibility index (Phi) is 3.84. The molecule has 1 saturated carbocycles. The van der Waals surface area contributed by atoms with E-state index in [2.05, 4.69) is 15.5 Å². The summed E-state index contributed by atoms with van der Waals surface area (Å²) < 4.78 is 31.9. The van der Waals surface area contributed by atoms with Crippen molar-refractivity contribution in [2.24, 2.45) is 0 Å². The molecule has 1 aromatic carbocycles. The Bertz CT molecular complexity index is 896. The van der Waals surface area contributed by atoms with E-state index in [0.29, 0.717) is 30.6 Å². The van der Waals surface area contributed by atoms with Crippen LogP contribution in [0.1, 0.15) is 43.3 Å². The number of anilines is 1. The van der Waals surface area contributed by atoms with E-state index in [4.69, 9.17) is 4.52 Å². The summed E-state index contributed by atoms with van der Waals surface area (Å²) >= 11 is 0. The third-order valence-corrected chi connectivity index (χ3v) is 6.26. The molecule has 0 radical (unpaired) electrons.